The van der Waals surface area contributed by atoms with Crippen LogP contribution < -0.4 is 0 Å². The largest absolute Gasteiger partial charge is 0.481 e. The fourth-order valence-electron chi connectivity index (χ4n) is 2.73. The zero-order chi connectivity index (χ0) is 13.1. The summed E-state index contributed by atoms with van der Waals surface area (Å²) >= 11 is 0. The summed E-state index contributed by atoms with van der Waals surface area (Å²) in [5.41, 5.74) is 1.13. The Morgan fingerprint density at radius 2 is 2.22 bits per heavy atom. The summed E-state index contributed by atoms with van der Waals surface area (Å²) in [4.78, 5) is 13.0. The molecule has 4 nitrogen and oxygen atoms in total. The lowest BCUT2D eigenvalue weighted by molar-refractivity contribution is -0.146. The van der Waals surface area contributed by atoms with Crippen LogP contribution in [0.25, 0.3) is 0 Å². The monoisotopic (exact) mass is 251 g/mol. The van der Waals surface area contributed by atoms with E-state index in [4.69, 9.17) is 5.11 Å². The maximum atomic E-state index is 11.2. The topological polar surface area (TPSA) is 60.8 Å². The minimum absolute atomic E-state index is 0.277. The Hall–Kier alpha value is -1.29. The second kappa shape index (κ2) is 5.57. The highest BCUT2D eigenvalue weighted by Crippen LogP contribution is 2.31. The van der Waals surface area contributed by atoms with E-state index in [1.807, 2.05) is 24.1 Å². The third-order valence-electron chi connectivity index (χ3n) is 3.96. The number of allylic oxidation sites excluding steroid dienone is 3. The van der Waals surface area contributed by atoms with E-state index in [0.29, 0.717) is 6.42 Å². The zero-order valence-electron chi connectivity index (χ0n) is 10.7. The molecule has 3 atom stereocenters. The van der Waals surface area contributed by atoms with E-state index < -0.39 is 18.1 Å². The molecule has 100 valence electrons. The van der Waals surface area contributed by atoms with Crippen molar-refractivity contribution in [2.75, 3.05) is 0 Å². The van der Waals surface area contributed by atoms with Crippen LogP contribution in [0.4, 0.5) is 0 Å². The summed E-state index contributed by atoms with van der Waals surface area (Å²) in [5.74, 6) is -1.61. The third kappa shape index (κ3) is 2.58. The highest BCUT2D eigenvalue weighted by molar-refractivity contribution is 5.70. The van der Waals surface area contributed by atoms with E-state index >= 15 is 0 Å². The van der Waals surface area contributed by atoms with Gasteiger partial charge in [0.05, 0.1) is 5.92 Å². The van der Waals surface area contributed by atoms with Crippen molar-refractivity contribution in [3.05, 3.63) is 24.0 Å². The van der Waals surface area contributed by atoms with Crippen LogP contribution in [0.15, 0.2) is 24.0 Å². The molecule has 4 heteroatoms. The van der Waals surface area contributed by atoms with Crippen molar-refractivity contribution in [3.8, 4) is 0 Å². The molecule has 0 spiro atoms. The van der Waals surface area contributed by atoms with Crippen LogP contribution in [-0.2, 0) is 4.79 Å². The van der Waals surface area contributed by atoms with Gasteiger partial charge in [-0.25, -0.2) is 0 Å². The highest BCUT2D eigenvalue weighted by Gasteiger charge is 2.34. The lowest BCUT2D eigenvalue weighted by Crippen LogP contribution is -2.39. The Kier molecular flexibility index (Phi) is 4.07. The molecule has 2 rings (SSSR count). The molecule has 0 aromatic heterocycles. The summed E-state index contributed by atoms with van der Waals surface area (Å²) in [6, 6.07) is 0. The van der Waals surface area contributed by atoms with Crippen molar-refractivity contribution >= 4 is 5.97 Å². The van der Waals surface area contributed by atoms with Gasteiger partial charge in [0.2, 0.25) is 0 Å². The van der Waals surface area contributed by atoms with Gasteiger partial charge in [0.1, 0.15) is 6.23 Å². The summed E-state index contributed by atoms with van der Waals surface area (Å²) in [6.45, 7) is 1.81. The van der Waals surface area contributed by atoms with Crippen LogP contribution in [0.1, 0.15) is 39.0 Å². The van der Waals surface area contributed by atoms with Crippen LogP contribution in [-0.4, -0.2) is 27.3 Å². The summed E-state index contributed by atoms with van der Waals surface area (Å²) in [6.07, 6.45) is 9.96. The second-order valence-electron chi connectivity index (χ2n) is 5.19. The van der Waals surface area contributed by atoms with E-state index in [1.165, 1.54) is 6.42 Å². The molecular formula is C14H21NO3. The SMILES string of the molecule is C[C@@H]1[C@@H](O)N(C2=CCCCC2)C=CC[C@H]1C(=O)O. The van der Waals surface area contributed by atoms with Crippen LogP contribution >= 0.6 is 0 Å². The van der Waals surface area contributed by atoms with E-state index in [9.17, 15) is 9.90 Å². The van der Waals surface area contributed by atoms with Crippen LogP contribution in [0.2, 0.25) is 0 Å². The molecule has 0 amide bonds. The highest BCUT2D eigenvalue weighted by atomic mass is 16.4. The van der Waals surface area contributed by atoms with E-state index in [1.54, 1.807) is 0 Å². The fraction of sp³-hybridized carbons (Fsp3) is 0.643. The van der Waals surface area contributed by atoms with E-state index in [2.05, 4.69) is 6.08 Å². The molecular weight excluding hydrogens is 230 g/mol. The lowest BCUT2D eigenvalue weighted by atomic mass is 9.90. The molecule has 2 aliphatic rings. The molecule has 0 unspecified atom stereocenters. The maximum absolute atomic E-state index is 11.2. The number of carboxylic acid groups (broad SMARTS) is 1. The molecule has 18 heavy (non-hydrogen) atoms. The first-order valence-electron chi connectivity index (χ1n) is 6.66. The minimum Gasteiger partial charge on any atom is -0.481 e. The van der Waals surface area contributed by atoms with Crippen molar-refractivity contribution < 1.29 is 15.0 Å². The second-order valence-corrected chi connectivity index (χ2v) is 5.19. The Bertz CT molecular complexity index is 375. The number of rotatable bonds is 2. The Balaban J connectivity index is 2.18. The first-order valence-corrected chi connectivity index (χ1v) is 6.66. The standard InChI is InChI=1S/C14H21NO3/c1-10-12(14(17)18)8-5-9-15(13(10)16)11-6-3-2-4-7-11/h5-6,9-10,12-13,16H,2-4,7-8H2,1H3,(H,17,18)/t10-,12+,13+/m0/s1. The van der Waals surface area contributed by atoms with Crippen molar-refractivity contribution in [3.63, 3.8) is 0 Å². The predicted octanol–water partition coefficient (Wildman–Crippen LogP) is 2.32. The molecule has 0 radical (unpaired) electrons. The van der Waals surface area contributed by atoms with Gasteiger partial charge in [0.25, 0.3) is 0 Å². The minimum atomic E-state index is -0.828. The smallest absolute Gasteiger partial charge is 0.307 e. The number of carboxylic acids is 1. The molecule has 0 saturated heterocycles. The molecule has 0 bridgehead atoms. The van der Waals surface area contributed by atoms with Gasteiger partial charge in [-0.1, -0.05) is 19.1 Å². The molecule has 1 heterocycles. The molecule has 0 aromatic rings. The predicted molar refractivity (Wildman–Crippen MR) is 68.4 cm³/mol. The molecule has 0 aromatic carbocycles. The third-order valence-corrected chi connectivity index (χ3v) is 3.96. The lowest BCUT2D eigenvalue weighted by Gasteiger charge is -2.34. The van der Waals surface area contributed by atoms with Gasteiger partial charge in [-0.2, -0.15) is 0 Å². The van der Waals surface area contributed by atoms with Crippen molar-refractivity contribution in [1.29, 1.82) is 0 Å². The molecule has 1 aliphatic heterocycles. The average molecular weight is 251 g/mol. The average Bonchev–Trinajstić information content (AvgIpc) is 2.51. The fourth-order valence-corrected chi connectivity index (χ4v) is 2.73. The van der Waals surface area contributed by atoms with E-state index in [0.717, 1.165) is 25.0 Å². The van der Waals surface area contributed by atoms with Gasteiger partial charge >= 0.3 is 5.97 Å². The van der Waals surface area contributed by atoms with Gasteiger partial charge in [-0.05, 0) is 32.1 Å². The van der Waals surface area contributed by atoms with Crippen LogP contribution in [0, 0.1) is 11.8 Å². The van der Waals surface area contributed by atoms with Gasteiger partial charge in [-0.3, -0.25) is 4.79 Å². The van der Waals surface area contributed by atoms with Gasteiger partial charge in [0, 0.05) is 17.8 Å². The first kappa shape index (κ1) is 13.1. The van der Waals surface area contributed by atoms with Gasteiger partial charge < -0.3 is 15.1 Å². The quantitative estimate of drug-likeness (QED) is 0.790. The van der Waals surface area contributed by atoms with Crippen molar-refractivity contribution in [2.24, 2.45) is 11.8 Å². The number of aliphatic hydroxyl groups is 1. The number of aliphatic carboxylic acids is 1. The Morgan fingerprint density at radius 1 is 1.44 bits per heavy atom. The van der Waals surface area contributed by atoms with Crippen LogP contribution in [0.3, 0.4) is 0 Å². The molecule has 0 saturated carbocycles. The Labute approximate surface area is 108 Å². The first-order chi connectivity index (χ1) is 8.61. The van der Waals surface area contributed by atoms with Crippen LogP contribution in [0.5, 0.6) is 0 Å². The van der Waals surface area contributed by atoms with Crippen molar-refractivity contribution in [2.45, 2.75) is 45.3 Å². The molecule has 2 N–H and O–H groups in total. The summed E-state index contributed by atoms with van der Waals surface area (Å²) < 4.78 is 0. The normalized spacial score (nSPS) is 32.9. The Morgan fingerprint density at radius 3 is 2.83 bits per heavy atom. The maximum Gasteiger partial charge on any atom is 0.307 e. The van der Waals surface area contributed by atoms with Gasteiger partial charge in [-0.15, -0.1) is 0 Å². The number of aliphatic hydroxyl groups excluding tert-OH is 1. The van der Waals surface area contributed by atoms with E-state index in [-0.39, 0.29) is 5.92 Å². The number of nitrogens with zero attached hydrogens (tertiary/aromatic N) is 1. The zero-order valence-corrected chi connectivity index (χ0v) is 10.7. The van der Waals surface area contributed by atoms with Crippen molar-refractivity contribution in [1.82, 2.24) is 4.90 Å². The number of carbonyl (C=O) groups is 1. The van der Waals surface area contributed by atoms with Gasteiger partial charge in [0.15, 0.2) is 0 Å². The number of hydrogen-bond acceptors (Lipinski definition) is 3. The number of hydrogen-bond donors (Lipinski definition) is 2. The molecule has 0 fully saturated rings. The summed E-state index contributed by atoms with van der Waals surface area (Å²) in [7, 11) is 0. The molecule has 1 aliphatic carbocycles. The summed E-state index contributed by atoms with van der Waals surface area (Å²) in [5, 5.41) is 19.5.